The van der Waals surface area contributed by atoms with E-state index in [4.69, 9.17) is 9.84 Å². The minimum atomic E-state index is -0.416. The van der Waals surface area contributed by atoms with Gasteiger partial charge in [0.2, 0.25) is 0 Å². The van der Waals surface area contributed by atoms with Crippen LogP contribution in [0.4, 0.5) is 4.79 Å². The van der Waals surface area contributed by atoms with E-state index in [1.54, 1.807) is 4.90 Å². The number of rotatable bonds is 3. The summed E-state index contributed by atoms with van der Waals surface area (Å²) in [5.41, 5.74) is -0.416. The van der Waals surface area contributed by atoms with Crippen LogP contribution in [0.2, 0.25) is 0 Å². The van der Waals surface area contributed by atoms with Gasteiger partial charge in [0.05, 0.1) is 0 Å². The van der Waals surface area contributed by atoms with Crippen LogP contribution in [0.15, 0.2) is 0 Å². The van der Waals surface area contributed by atoms with Crippen molar-refractivity contribution < 1.29 is 14.6 Å². The average molecular weight is 229 g/mol. The van der Waals surface area contributed by atoms with E-state index < -0.39 is 5.60 Å². The molecule has 94 valence electrons. The van der Waals surface area contributed by atoms with Gasteiger partial charge in [0.15, 0.2) is 0 Å². The highest BCUT2D eigenvalue weighted by Crippen LogP contribution is 2.22. The molecule has 1 amide bonds. The zero-order valence-corrected chi connectivity index (χ0v) is 10.5. The van der Waals surface area contributed by atoms with E-state index in [1.165, 1.54) is 0 Å². The molecule has 1 aliphatic heterocycles. The van der Waals surface area contributed by atoms with Crippen LogP contribution in [0, 0.1) is 5.92 Å². The summed E-state index contributed by atoms with van der Waals surface area (Å²) in [6.07, 6.45) is 2.64. The van der Waals surface area contributed by atoms with Gasteiger partial charge in [-0.1, -0.05) is 0 Å². The molecule has 1 rings (SSSR count). The maximum atomic E-state index is 11.7. The number of nitrogens with zero attached hydrogens (tertiary/aromatic N) is 1. The molecule has 1 fully saturated rings. The molecular formula is C12H23NO3. The molecule has 0 aromatic heterocycles. The Hall–Kier alpha value is -0.770. The third-order valence-corrected chi connectivity index (χ3v) is 2.71. The monoisotopic (exact) mass is 229 g/mol. The molecule has 1 aliphatic rings. The zero-order valence-electron chi connectivity index (χ0n) is 10.5. The fourth-order valence-electron chi connectivity index (χ4n) is 1.94. The third-order valence-electron chi connectivity index (χ3n) is 2.71. The van der Waals surface area contributed by atoms with Crippen molar-refractivity contribution in [1.29, 1.82) is 0 Å². The predicted molar refractivity (Wildman–Crippen MR) is 62.2 cm³/mol. The van der Waals surface area contributed by atoms with Crippen molar-refractivity contribution >= 4 is 6.09 Å². The lowest BCUT2D eigenvalue weighted by Gasteiger charge is -2.24. The van der Waals surface area contributed by atoms with E-state index in [9.17, 15) is 4.79 Å². The zero-order chi connectivity index (χ0) is 12.2. The average Bonchev–Trinajstić information content (AvgIpc) is 2.60. The Morgan fingerprint density at radius 2 is 2.19 bits per heavy atom. The lowest BCUT2D eigenvalue weighted by Crippen LogP contribution is -2.35. The molecule has 1 atom stereocenters. The van der Waals surface area contributed by atoms with Crippen molar-refractivity contribution in [2.75, 3.05) is 19.7 Å². The van der Waals surface area contributed by atoms with Crippen molar-refractivity contribution in [1.82, 2.24) is 4.90 Å². The molecule has 0 unspecified atom stereocenters. The highest BCUT2D eigenvalue weighted by molar-refractivity contribution is 5.68. The summed E-state index contributed by atoms with van der Waals surface area (Å²) in [6, 6.07) is 0. The summed E-state index contributed by atoms with van der Waals surface area (Å²) >= 11 is 0. The molecule has 1 heterocycles. The smallest absolute Gasteiger partial charge is 0.410 e. The third kappa shape index (κ3) is 4.39. The second-order valence-corrected chi connectivity index (χ2v) is 5.45. The first-order valence-corrected chi connectivity index (χ1v) is 6.01. The van der Waals surface area contributed by atoms with Crippen LogP contribution >= 0.6 is 0 Å². The highest BCUT2D eigenvalue weighted by Gasteiger charge is 2.29. The molecule has 0 saturated carbocycles. The predicted octanol–water partition coefficient (Wildman–Crippen LogP) is 2.02. The number of carbonyl (C=O) groups excluding carboxylic acids is 1. The number of carbonyl (C=O) groups is 1. The first-order chi connectivity index (χ1) is 7.42. The molecular weight excluding hydrogens is 206 g/mol. The van der Waals surface area contributed by atoms with Gasteiger partial charge in [-0.05, 0) is 46.0 Å². The van der Waals surface area contributed by atoms with Gasteiger partial charge in [0.25, 0.3) is 0 Å². The maximum absolute atomic E-state index is 11.7. The van der Waals surface area contributed by atoms with E-state index in [-0.39, 0.29) is 12.7 Å². The van der Waals surface area contributed by atoms with Gasteiger partial charge in [-0.2, -0.15) is 0 Å². The number of likely N-dealkylation sites (tertiary alicyclic amines) is 1. The Kier molecular flexibility index (Phi) is 4.59. The summed E-state index contributed by atoms with van der Waals surface area (Å²) < 4.78 is 5.31. The molecule has 16 heavy (non-hydrogen) atoms. The quantitative estimate of drug-likeness (QED) is 0.805. The van der Waals surface area contributed by atoms with E-state index in [1.807, 2.05) is 20.8 Å². The molecule has 1 N–H and O–H groups in total. The van der Waals surface area contributed by atoms with Crippen molar-refractivity contribution in [3.63, 3.8) is 0 Å². The van der Waals surface area contributed by atoms with E-state index in [0.717, 1.165) is 32.4 Å². The second kappa shape index (κ2) is 5.53. The van der Waals surface area contributed by atoms with Crippen LogP contribution in [0.25, 0.3) is 0 Å². The lowest BCUT2D eigenvalue weighted by molar-refractivity contribution is 0.0287. The SMILES string of the molecule is CC(C)(C)OC(=O)N1CC[C@@H](CCCO)C1. The van der Waals surface area contributed by atoms with Crippen molar-refractivity contribution in [3.8, 4) is 0 Å². The Morgan fingerprint density at radius 3 is 2.75 bits per heavy atom. The second-order valence-electron chi connectivity index (χ2n) is 5.45. The minimum Gasteiger partial charge on any atom is -0.444 e. The molecule has 4 heteroatoms. The summed E-state index contributed by atoms with van der Waals surface area (Å²) in [5, 5.41) is 8.75. The minimum absolute atomic E-state index is 0.209. The number of amides is 1. The van der Waals surface area contributed by atoms with Gasteiger partial charge in [-0.3, -0.25) is 0 Å². The number of aliphatic hydroxyl groups is 1. The highest BCUT2D eigenvalue weighted by atomic mass is 16.6. The largest absolute Gasteiger partial charge is 0.444 e. The van der Waals surface area contributed by atoms with Gasteiger partial charge in [-0.15, -0.1) is 0 Å². The molecule has 0 radical (unpaired) electrons. The number of aliphatic hydroxyl groups excluding tert-OH is 1. The van der Waals surface area contributed by atoms with E-state index in [0.29, 0.717) is 5.92 Å². The summed E-state index contributed by atoms with van der Waals surface area (Å²) in [5.74, 6) is 0.527. The lowest BCUT2D eigenvalue weighted by atomic mass is 10.0. The Morgan fingerprint density at radius 1 is 1.50 bits per heavy atom. The van der Waals surface area contributed by atoms with Crippen molar-refractivity contribution in [2.45, 2.75) is 45.6 Å². The van der Waals surface area contributed by atoms with Gasteiger partial charge >= 0.3 is 6.09 Å². The van der Waals surface area contributed by atoms with Gasteiger partial charge in [0, 0.05) is 19.7 Å². The molecule has 0 bridgehead atoms. The molecule has 0 aromatic rings. The molecule has 1 saturated heterocycles. The number of ether oxygens (including phenoxy) is 1. The maximum Gasteiger partial charge on any atom is 0.410 e. The summed E-state index contributed by atoms with van der Waals surface area (Å²) in [6.45, 7) is 7.43. The van der Waals surface area contributed by atoms with Gasteiger partial charge < -0.3 is 14.7 Å². The fraction of sp³-hybridized carbons (Fsp3) is 0.917. The van der Waals surface area contributed by atoms with Crippen LogP contribution in [0.1, 0.15) is 40.0 Å². The fourth-order valence-corrected chi connectivity index (χ4v) is 1.94. The van der Waals surface area contributed by atoms with Crippen molar-refractivity contribution in [2.24, 2.45) is 5.92 Å². The molecule has 0 spiro atoms. The van der Waals surface area contributed by atoms with Crippen LogP contribution in [0.3, 0.4) is 0 Å². The Balaban J connectivity index is 2.32. The van der Waals surface area contributed by atoms with Crippen LogP contribution in [0.5, 0.6) is 0 Å². The van der Waals surface area contributed by atoms with Crippen LogP contribution in [-0.4, -0.2) is 41.4 Å². The normalized spacial score (nSPS) is 21.2. The first kappa shape index (κ1) is 13.3. The van der Waals surface area contributed by atoms with Crippen LogP contribution in [-0.2, 0) is 4.74 Å². The van der Waals surface area contributed by atoms with Crippen LogP contribution < -0.4 is 0 Å². The standard InChI is InChI=1S/C12H23NO3/c1-12(2,3)16-11(15)13-7-6-10(9-13)5-4-8-14/h10,14H,4-9H2,1-3H3/t10-/m1/s1. The Bertz CT molecular complexity index is 235. The summed E-state index contributed by atoms with van der Waals surface area (Å²) in [4.78, 5) is 13.5. The first-order valence-electron chi connectivity index (χ1n) is 6.01. The van der Waals surface area contributed by atoms with Gasteiger partial charge in [0.1, 0.15) is 5.60 Å². The molecule has 0 aliphatic carbocycles. The topological polar surface area (TPSA) is 49.8 Å². The van der Waals surface area contributed by atoms with Crippen molar-refractivity contribution in [3.05, 3.63) is 0 Å². The number of hydrogen-bond donors (Lipinski definition) is 1. The Labute approximate surface area is 97.6 Å². The van der Waals surface area contributed by atoms with E-state index >= 15 is 0 Å². The van der Waals surface area contributed by atoms with Gasteiger partial charge in [-0.25, -0.2) is 4.79 Å². The number of hydrogen-bond acceptors (Lipinski definition) is 3. The molecule has 4 nitrogen and oxygen atoms in total. The molecule has 0 aromatic carbocycles. The van der Waals surface area contributed by atoms with E-state index in [2.05, 4.69) is 0 Å². The summed E-state index contributed by atoms with van der Waals surface area (Å²) in [7, 11) is 0.